The average Bonchev–Trinajstić information content (AvgIpc) is 2.98. The molecule has 1 aromatic carbocycles. The van der Waals surface area contributed by atoms with Gasteiger partial charge in [-0.3, -0.25) is 9.69 Å². The molecule has 1 fully saturated rings. The van der Waals surface area contributed by atoms with Crippen molar-refractivity contribution in [1.29, 1.82) is 0 Å². The highest BCUT2D eigenvalue weighted by Gasteiger charge is 2.16. The first-order valence-corrected chi connectivity index (χ1v) is 8.85. The normalized spacial score (nSPS) is 15.3. The summed E-state index contributed by atoms with van der Waals surface area (Å²) in [5.41, 5.74) is 1.71. The van der Waals surface area contributed by atoms with Gasteiger partial charge in [-0.15, -0.1) is 11.3 Å². The van der Waals surface area contributed by atoms with Gasteiger partial charge in [0.15, 0.2) is 5.13 Å². The zero-order chi connectivity index (χ0) is 16.8. The molecule has 0 bridgehead atoms. The van der Waals surface area contributed by atoms with Crippen LogP contribution in [0.1, 0.15) is 4.88 Å². The fraction of sp³-hybridized carbons (Fsp3) is 0.412. The van der Waals surface area contributed by atoms with E-state index < -0.39 is 5.97 Å². The van der Waals surface area contributed by atoms with Gasteiger partial charge in [0.1, 0.15) is 0 Å². The van der Waals surface area contributed by atoms with Gasteiger partial charge in [0.2, 0.25) is 0 Å². The molecule has 1 aliphatic rings. The molecule has 0 saturated carbocycles. The molecule has 1 saturated heterocycles. The highest BCUT2D eigenvalue weighted by atomic mass is 32.1. The molecule has 3 rings (SSSR count). The number of thiazole rings is 1. The van der Waals surface area contributed by atoms with Crippen LogP contribution < -0.4 is 5.32 Å². The van der Waals surface area contributed by atoms with Crippen molar-refractivity contribution < 1.29 is 14.6 Å². The Balaban J connectivity index is 1.67. The standard InChI is InChI=1S/C17H21N3O3S/c21-15(22)12-14-16(13-4-2-1-3-5-13)19-17(24-14)18-6-7-20-8-10-23-11-9-20/h1-5H,6-12H2,(H,18,19)(H,21,22). The molecule has 128 valence electrons. The highest BCUT2D eigenvalue weighted by molar-refractivity contribution is 7.16. The Labute approximate surface area is 145 Å². The number of nitrogens with one attached hydrogen (secondary N) is 1. The number of aromatic nitrogens is 1. The first-order valence-electron chi connectivity index (χ1n) is 8.03. The topological polar surface area (TPSA) is 74.7 Å². The quantitative estimate of drug-likeness (QED) is 0.800. The molecule has 2 heterocycles. The second kappa shape index (κ2) is 8.23. The number of carboxylic acids is 1. The van der Waals surface area contributed by atoms with Gasteiger partial charge >= 0.3 is 5.97 Å². The molecular weight excluding hydrogens is 326 g/mol. The third-order valence-electron chi connectivity index (χ3n) is 3.86. The minimum atomic E-state index is -0.837. The van der Waals surface area contributed by atoms with E-state index >= 15 is 0 Å². The molecule has 0 radical (unpaired) electrons. The number of nitrogens with zero attached hydrogens (tertiary/aromatic N) is 2. The predicted molar refractivity (Wildman–Crippen MR) is 94.6 cm³/mol. The Kier molecular flexibility index (Phi) is 5.79. The molecule has 0 aliphatic carbocycles. The molecule has 2 aromatic rings. The molecule has 2 N–H and O–H groups in total. The number of aliphatic carboxylic acids is 1. The van der Waals surface area contributed by atoms with Gasteiger partial charge in [-0.2, -0.15) is 0 Å². The summed E-state index contributed by atoms with van der Waals surface area (Å²) in [6, 6.07) is 9.72. The monoisotopic (exact) mass is 347 g/mol. The number of rotatable bonds is 7. The van der Waals surface area contributed by atoms with Crippen LogP contribution in [-0.2, 0) is 16.0 Å². The number of hydrogen-bond donors (Lipinski definition) is 2. The summed E-state index contributed by atoms with van der Waals surface area (Å²) in [5.74, 6) is -0.837. The maximum Gasteiger partial charge on any atom is 0.308 e. The molecule has 0 atom stereocenters. The lowest BCUT2D eigenvalue weighted by atomic mass is 10.1. The smallest absolute Gasteiger partial charge is 0.308 e. The number of carbonyl (C=O) groups is 1. The largest absolute Gasteiger partial charge is 0.481 e. The molecule has 1 aromatic heterocycles. The van der Waals surface area contributed by atoms with E-state index in [1.54, 1.807) is 0 Å². The predicted octanol–water partition coefficient (Wildman–Crippen LogP) is 2.18. The lowest BCUT2D eigenvalue weighted by Gasteiger charge is -2.26. The third-order valence-corrected chi connectivity index (χ3v) is 4.88. The van der Waals surface area contributed by atoms with Crippen molar-refractivity contribution >= 4 is 22.4 Å². The first-order chi connectivity index (χ1) is 11.7. The lowest BCUT2D eigenvalue weighted by molar-refractivity contribution is -0.136. The van der Waals surface area contributed by atoms with Crippen molar-refractivity contribution in [2.45, 2.75) is 6.42 Å². The van der Waals surface area contributed by atoms with Gasteiger partial charge in [-0.05, 0) is 0 Å². The van der Waals surface area contributed by atoms with E-state index in [0.29, 0.717) is 0 Å². The molecule has 0 amide bonds. The molecule has 7 heteroatoms. The van der Waals surface area contributed by atoms with Crippen molar-refractivity contribution in [2.75, 3.05) is 44.7 Å². The summed E-state index contributed by atoms with van der Waals surface area (Å²) in [6.45, 7) is 5.21. The van der Waals surface area contributed by atoms with Gasteiger partial charge in [-0.25, -0.2) is 4.98 Å². The van der Waals surface area contributed by atoms with Gasteiger partial charge in [-0.1, -0.05) is 30.3 Å². The summed E-state index contributed by atoms with van der Waals surface area (Å²) < 4.78 is 5.34. The Morgan fingerprint density at radius 3 is 2.75 bits per heavy atom. The van der Waals surface area contributed by atoms with E-state index in [2.05, 4.69) is 15.2 Å². The van der Waals surface area contributed by atoms with Crippen molar-refractivity contribution in [1.82, 2.24) is 9.88 Å². The summed E-state index contributed by atoms with van der Waals surface area (Å²) >= 11 is 1.42. The van der Waals surface area contributed by atoms with Crippen LogP contribution in [0.25, 0.3) is 11.3 Å². The van der Waals surface area contributed by atoms with E-state index in [9.17, 15) is 4.79 Å². The Morgan fingerprint density at radius 2 is 2.04 bits per heavy atom. The maximum atomic E-state index is 11.1. The first kappa shape index (κ1) is 16.9. The van der Waals surface area contributed by atoms with Crippen LogP contribution in [0, 0.1) is 0 Å². The second-order valence-corrected chi connectivity index (χ2v) is 6.69. The zero-order valence-electron chi connectivity index (χ0n) is 13.4. The van der Waals surface area contributed by atoms with Crippen LogP contribution in [0.2, 0.25) is 0 Å². The van der Waals surface area contributed by atoms with Crippen LogP contribution >= 0.6 is 11.3 Å². The molecular formula is C17H21N3O3S. The summed E-state index contributed by atoms with van der Waals surface area (Å²) in [4.78, 5) is 18.9. The van der Waals surface area contributed by atoms with Gasteiger partial charge in [0.25, 0.3) is 0 Å². The van der Waals surface area contributed by atoms with Crippen LogP contribution in [0.5, 0.6) is 0 Å². The molecule has 6 nitrogen and oxygen atoms in total. The minimum Gasteiger partial charge on any atom is -0.481 e. The van der Waals surface area contributed by atoms with E-state index in [1.807, 2.05) is 30.3 Å². The van der Waals surface area contributed by atoms with Crippen molar-refractivity contribution in [3.8, 4) is 11.3 Å². The molecule has 24 heavy (non-hydrogen) atoms. The van der Waals surface area contributed by atoms with E-state index in [1.165, 1.54) is 11.3 Å². The summed E-state index contributed by atoms with van der Waals surface area (Å²) in [6.07, 6.45) is -0.00691. The highest BCUT2D eigenvalue weighted by Crippen LogP contribution is 2.31. The molecule has 0 spiro atoms. The Hall–Kier alpha value is -1.96. The fourth-order valence-corrected chi connectivity index (χ4v) is 3.65. The van der Waals surface area contributed by atoms with Gasteiger partial charge in [0.05, 0.1) is 25.3 Å². The number of morpholine rings is 1. The van der Waals surface area contributed by atoms with E-state index in [0.717, 1.165) is 60.7 Å². The van der Waals surface area contributed by atoms with Crippen LogP contribution in [0.4, 0.5) is 5.13 Å². The van der Waals surface area contributed by atoms with E-state index in [4.69, 9.17) is 9.84 Å². The zero-order valence-corrected chi connectivity index (χ0v) is 14.2. The van der Waals surface area contributed by atoms with Crippen molar-refractivity contribution in [2.24, 2.45) is 0 Å². The van der Waals surface area contributed by atoms with Crippen molar-refractivity contribution in [3.05, 3.63) is 35.2 Å². The summed E-state index contributed by atoms with van der Waals surface area (Å²) in [5, 5.41) is 13.2. The maximum absolute atomic E-state index is 11.1. The number of anilines is 1. The number of ether oxygens (including phenoxy) is 1. The Bertz CT molecular complexity index is 669. The SMILES string of the molecule is O=C(O)Cc1sc(NCCN2CCOCC2)nc1-c1ccccc1. The van der Waals surface area contributed by atoms with Crippen LogP contribution in [-0.4, -0.2) is 60.4 Å². The van der Waals surface area contributed by atoms with Gasteiger partial charge < -0.3 is 15.2 Å². The van der Waals surface area contributed by atoms with Crippen molar-refractivity contribution in [3.63, 3.8) is 0 Å². The average molecular weight is 347 g/mol. The van der Waals surface area contributed by atoms with Crippen LogP contribution in [0.15, 0.2) is 30.3 Å². The number of benzene rings is 1. The number of carboxylic acid groups (broad SMARTS) is 1. The fourth-order valence-electron chi connectivity index (χ4n) is 2.65. The second-order valence-electron chi connectivity index (χ2n) is 5.61. The number of hydrogen-bond acceptors (Lipinski definition) is 6. The minimum absolute atomic E-state index is 0.00691. The lowest BCUT2D eigenvalue weighted by Crippen LogP contribution is -2.38. The van der Waals surface area contributed by atoms with Gasteiger partial charge in [0, 0.05) is 36.6 Å². The van der Waals surface area contributed by atoms with E-state index in [-0.39, 0.29) is 6.42 Å². The molecule has 0 unspecified atom stereocenters. The molecule has 1 aliphatic heterocycles. The third kappa shape index (κ3) is 4.53. The van der Waals surface area contributed by atoms with Crippen LogP contribution in [0.3, 0.4) is 0 Å². The summed E-state index contributed by atoms with van der Waals surface area (Å²) in [7, 11) is 0. The Morgan fingerprint density at radius 1 is 1.29 bits per heavy atom.